The van der Waals surface area contributed by atoms with Crippen molar-refractivity contribution in [3.8, 4) is 0 Å². The van der Waals surface area contributed by atoms with E-state index in [9.17, 15) is 5.11 Å². The Morgan fingerprint density at radius 3 is 2.14 bits per heavy atom. The predicted molar refractivity (Wildman–Crippen MR) is 93.7 cm³/mol. The lowest BCUT2D eigenvalue weighted by Gasteiger charge is -2.17. The van der Waals surface area contributed by atoms with Gasteiger partial charge in [0, 0.05) is 27.9 Å². The number of aliphatic hydroxyl groups excluding tert-OH is 1. The van der Waals surface area contributed by atoms with E-state index in [2.05, 4.69) is 40.4 Å². The minimum absolute atomic E-state index is 0.329. The summed E-state index contributed by atoms with van der Waals surface area (Å²) in [5.74, 6) is 1.10. The standard InChI is InChI=1S/C17H38O3Si/c1-15(2)12-20-13-16(3)8-9-17(18)14-19-10-7-11-21(4,5)6/h15-18H,7-14H2,1-6H3. The maximum Gasteiger partial charge on any atom is 0.0773 e. The van der Waals surface area contributed by atoms with E-state index in [0.29, 0.717) is 18.4 Å². The Morgan fingerprint density at radius 1 is 0.905 bits per heavy atom. The quantitative estimate of drug-likeness (QED) is 0.409. The van der Waals surface area contributed by atoms with Gasteiger partial charge >= 0.3 is 0 Å². The van der Waals surface area contributed by atoms with Crippen LogP contribution in [0, 0.1) is 11.8 Å². The van der Waals surface area contributed by atoms with Gasteiger partial charge in [0.2, 0.25) is 0 Å². The topological polar surface area (TPSA) is 38.7 Å². The molecule has 0 spiro atoms. The molecule has 2 atom stereocenters. The smallest absolute Gasteiger partial charge is 0.0773 e. The number of hydrogen-bond donors (Lipinski definition) is 1. The zero-order valence-electron chi connectivity index (χ0n) is 15.2. The van der Waals surface area contributed by atoms with E-state index in [0.717, 1.165) is 39.1 Å². The van der Waals surface area contributed by atoms with Crippen LogP contribution in [0.4, 0.5) is 0 Å². The lowest BCUT2D eigenvalue weighted by Crippen LogP contribution is -2.21. The van der Waals surface area contributed by atoms with Crippen LogP contribution in [0.1, 0.15) is 40.0 Å². The number of rotatable bonds is 13. The van der Waals surface area contributed by atoms with Gasteiger partial charge in [0.15, 0.2) is 0 Å². The highest BCUT2D eigenvalue weighted by atomic mass is 28.3. The van der Waals surface area contributed by atoms with Crippen LogP contribution in [0.25, 0.3) is 0 Å². The largest absolute Gasteiger partial charge is 0.391 e. The van der Waals surface area contributed by atoms with Crippen molar-refractivity contribution in [2.45, 2.75) is 71.8 Å². The summed E-state index contributed by atoms with van der Waals surface area (Å²) in [6, 6.07) is 1.30. The molecule has 2 unspecified atom stereocenters. The molecule has 1 N–H and O–H groups in total. The second-order valence-electron chi connectivity index (χ2n) is 8.01. The Kier molecular flexibility index (Phi) is 11.7. The molecule has 0 amide bonds. The molecular formula is C17H38O3Si. The molecule has 0 saturated carbocycles. The van der Waals surface area contributed by atoms with Crippen molar-refractivity contribution in [3.63, 3.8) is 0 Å². The summed E-state index contributed by atoms with van der Waals surface area (Å²) in [5.41, 5.74) is 0. The Bertz CT molecular complexity index is 239. The van der Waals surface area contributed by atoms with Crippen molar-refractivity contribution >= 4 is 8.07 Å². The minimum Gasteiger partial charge on any atom is -0.391 e. The van der Waals surface area contributed by atoms with Crippen molar-refractivity contribution < 1.29 is 14.6 Å². The van der Waals surface area contributed by atoms with E-state index in [-0.39, 0.29) is 6.10 Å². The Morgan fingerprint density at radius 2 is 1.57 bits per heavy atom. The van der Waals surface area contributed by atoms with Gasteiger partial charge in [-0.3, -0.25) is 0 Å². The van der Waals surface area contributed by atoms with Crippen LogP contribution < -0.4 is 0 Å². The SMILES string of the molecule is CC(C)COCC(C)CCC(O)COCCC[Si](C)(C)C. The normalized spacial score (nSPS) is 15.4. The van der Waals surface area contributed by atoms with Gasteiger partial charge in [-0.15, -0.1) is 0 Å². The highest BCUT2D eigenvalue weighted by Crippen LogP contribution is 2.12. The lowest BCUT2D eigenvalue weighted by atomic mass is 10.0. The molecule has 21 heavy (non-hydrogen) atoms. The number of hydrogen-bond acceptors (Lipinski definition) is 3. The van der Waals surface area contributed by atoms with E-state index >= 15 is 0 Å². The molecule has 3 nitrogen and oxygen atoms in total. The van der Waals surface area contributed by atoms with E-state index in [1.807, 2.05) is 0 Å². The summed E-state index contributed by atoms with van der Waals surface area (Å²) in [6.45, 7) is 16.5. The number of ether oxygens (including phenoxy) is 2. The Labute approximate surface area is 133 Å². The molecule has 0 rings (SSSR count). The molecule has 0 aromatic rings. The van der Waals surface area contributed by atoms with Crippen molar-refractivity contribution in [2.24, 2.45) is 11.8 Å². The third kappa shape index (κ3) is 16.3. The van der Waals surface area contributed by atoms with E-state index in [1.54, 1.807) is 0 Å². The van der Waals surface area contributed by atoms with Crippen LogP contribution in [-0.2, 0) is 9.47 Å². The molecule has 0 heterocycles. The molecule has 0 aliphatic heterocycles. The average molecular weight is 319 g/mol. The third-order valence-electron chi connectivity index (χ3n) is 3.37. The van der Waals surface area contributed by atoms with Gasteiger partial charge in [0.25, 0.3) is 0 Å². The fraction of sp³-hybridized carbons (Fsp3) is 1.00. The molecule has 0 radical (unpaired) electrons. The molecule has 0 aliphatic carbocycles. The molecule has 0 aromatic heterocycles. The first kappa shape index (κ1) is 21.1. The zero-order chi connectivity index (χ0) is 16.3. The van der Waals surface area contributed by atoms with Gasteiger partial charge < -0.3 is 14.6 Å². The predicted octanol–water partition coefficient (Wildman–Crippen LogP) is 4.18. The monoisotopic (exact) mass is 318 g/mol. The van der Waals surface area contributed by atoms with Crippen molar-refractivity contribution in [2.75, 3.05) is 26.4 Å². The molecule has 0 aromatic carbocycles. The molecule has 128 valence electrons. The second-order valence-corrected chi connectivity index (χ2v) is 13.6. The first-order chi connectivity index (χ1) is 9.70. The molecular weight excluding hydrogens is 280 g/mol. The molecule has 0 fully saturated rings. The average Bonchev–Trinajstić information content (AvgIpc) is 2.34. The summed E-state index contributed by atoms with van der Waals surface area (Å²) in [4.78, 5) is 0. The maximum atomic E-state index is 9.91. The number of aliphatic hydroxyl groups is 1. The highest BCUT2D eigenvalue weighted by Gasteiger charge is 2.12. The van der Waals surface area contributed by atoms with Crippen LogP contribution >= 0.6 is 0 Å². The Balaban J connectivity index is 3.46. The summed E-state index contributed by atoms with van der Waals surface area (Å²) in [5, 5.41) is 9.91. The first-order valence-electron chi connectivity index (χ1n) is 8.54. The molecule has 4 heteroatoms. The highest BCUT2D eigenvalue weighted by molar-refractivity contribution is 6.76. The lowest BCUT2D eigenvalue weighted by molar-refractivity contribution is 0.0249. The first-order valence-corrected chi connectivity index (χ1v) is 12.2. The van der Waals surface area contributed by atoms with E-state index in [4.69, 9.17) is 9.47 Å². The van der Waals surface area contributed by atoms with Crippen LogP contribution in [0.5, 0.6) is 0 Å². The molecule has 0 aliphatic rings. The van der Waals surface area contributed by atoms with Gasteiger partial charge in [0.05, 0.1) is 12.7 Å². The maximum absolute atomic E-state index is 9.91. The van der Waals surface area contributed by atoms with Gasteiger partial charge in [-0.1, -0.05) is 46.5 Å². The van der Waals surface area contributed by atoms with Crippen molar-refractivity contribution in [1.29, 1.82) is 0 Å². The van der Waals surface area contributed by atoms with Crippen LogP contribution in [0.15, 0.2) is 0 Å². The van der Waals surface area contributed by atoms with Gasteiger partial charge in [0.1, 0.15) is 0 Å². The van der Waals surface area contributed by atoms with Gasteiger partial charge in [-0.2, -0.15) is 0 Å². The van der Waals surface area contributed by atoms with Crippen LogP contribution in [-0.4, -0.2) is 45.7 Å². The van der Waals surface area contributed by atoms with Crippen LogP contribution in [0.3, 0.4) is 0 Å². The Hall–Kier alpha value is 0.0969. The van der Waals surface area contributed by atoms with E-state index < -0.39 is 8.07 Å². The van der Waals surface area contributed by atoms with Gasteiger partial charge in [-0.05, 0) is 31.1 Å². The van der Waals surface area contributed by atoms with E-state index in [1.165, 1.54) is 6.04 Å². The summed E-state index contributed by atoms with van der Waals surface area (Å²) in [6.07, 6.45) is 2.60. The summed E-state index contributed by atoms with van der Waals surface area (Å²) < 4.78 is 11.2. The minimum atomic E-state index is -0.942. The second kappa shape index (κ2) is 11.6. The van der Waals surface area contributed by atoms with Crippen molar-refractivity contribution in [3.05, 3.63) is 0 Å². The summed E-state index contributed by atoms with van der Waals surface area (Å²) >= 11 is 0. The zero-order valence-corrected chi connectivity index (χ0v) is 16.2. The summed E-state index contributed by atoms with van der Waals surface area (Å²) in [7, 11) is -0.942. The molecule has 0 saturated heterocycles. The molecule has 0 bridgehead atoms. The van der Waals surface area contributed by atoms with Gasteiger partial charge in [-0.25, -0.2) is 0 Å². The van der Waals surface area contributed by atoms with Crippen LogP contribution in [0.2, 0.25) is 25.7 Å². The van der Waals surface area contributed by atoms with Crippen molar-refractivity contribution in [1.82, 2.24) is 0 Å². The fourth-order valence-electron chi connectivity index (χ4n) is 2.07. The fourth-order valence-corrected chi connectivity index (χ4v) is 3.28. The third-order valence-corrected chi connectivity index (χ3v) is 5.23.